The van der Waals surface area contributed by atoms with Crippen molar-refractivity contribution in [2.75, 3.05) is 0 Å². The molecule has 0 aliphatic carbocycles. The van der Waals surface area contributed by atoms with Crippen LogP contribution in [0.1, 0.15) is 0 Å². The Kier molecular flexibility index (Phi) is 2.33. The van der Waals surface area contributed by atoms with Gasteiger partial charge in [0.15, 0.2) is 16.9 Å². The molecule has 0 fully saturated rings. The van der Waals surface area contributed by atoms with E-state index in [1.165, 1.54) is 12.1 Å². The van der Waals surface area contributed by atoms with Gasteiger partial charge < -0.3 is 0 Å². The summed E-state index contributed by atoms with van der Waals surface area (Å²) < 4.78 is 2.68. The van der Waals surface area contributed by atoms with Gasteiger partial charge in [-0.1, -0.05) is 34.1 Å². The second-order valence-electron chi connectivity index (χ2n) is 3.64. The Hall–Kier alpha value is -1.88. The minimum atomic E-state index is -0.0461. The number of benzene rings is 1. The number of rotatable bonds is 1. The van der Waals surface area contributed by atoms with Crippen LogP contribution in [-0.4, -0.2) is 14.6 Å². The maximum atomic E-state index is 11.2. The fraction of sp³-hybridized carbons (Fsp3) is 0. The zero-order chi connectivity index (χ0) is 11.8. The largest absolute Gasteiger partial charge is 0.290 e. The Morgan fingerprint density at radius 2 is 2.06 bits per heavy atom. The summed E-state index contributed by atoms with van der Waals surface area (Å²) in [5.41, 5.74) is 1.53. The lowest BCUT2D eigenvalue weighted by molar-refractivity contribution is 0.962. The summed E-state index contributed by atoms with van der Waals surface area (Å²) in [7, 11) is 0. The third-order valence-electron chi connectivity index (χ3n) is 2.49. The Balaban J connectivity index is 2.25. The molecule has 0 saturated carbocycles. The van der Waals surface area contributed by atoms with Gasteiger partial charge in [0.1, 0.15) is 0 Å². The average molecular weight is 290 g/mol. The molecule has 1 N–H and O–H groups in total. The van der Waals surface area contributed by atoms with Crippen LogP contribution in [0.15, 0.2) is 51.9 Å². The molecule has 2 heterocycles. The number of aromatic amines is 1. The molecule has 17 heavy (non-hydrogen) atoms. The van der Waals surface area contributed by atoms with Crippen LogP contribution in [0, 0.1) is 0 Å². The van der Waals surface area contributed by atoms with E-state index in [1.54, 1.807) is 10.7 Å². The molecule has 0 bridgehead atoms. The third kappa shape index (κ3) is 1.78. The van der Waals surface area contributed by atoms with Crippen molar-refractivity contribution >= 4 is 21.6 Å². The monoisotopic (exact) mass is 289 g/mol. The van der Waals surface area contributed by atoms with Gasteiger partial charge in [-0.05, 0) is 6.07 Å². The molecule has 3 rings (SSSR count). The first-order valence-electron chi connectivity index (χ1n) is 5.07. The van der Waals surface area contributed by atoms with E-state index in [1.807, 2.05) is 24.3 Å². The summed E-state index contributed by atoms with van der Waals surface area (Å²) >= 11 is 3.47. The van der Waals surface area contributed by atoms with Gasteiger partial charge in [-0.3, -0.25) is 9.89 Å². The van der Waals surface area contributed by atoms with E-state index in [4.69, 9.17) is 0 Å². The van der Waals surface area contributed by atoms with E-state index in [2.05, 4.69) is 26.0 Å². The minimum Gasteiger partial charge on any atom is -0.290 e. The topological polar surface area (TPSA) is 50.2 Å². The SMILES string of the molecule is O=c1ccn2[nH]c(-c3ccccc3Br)nc2c1. The van der Waals surface area contributed by atoms with Gasteiger partial charge in [-0.2, -0.15) is 0 Å². The molecule has 0 atom stereocenters. The molecule has 0 spiro atoms. The van der Waals surface area contributed by atoms with E-state index < -0.39 is 0 Å². The number of hydrogen-bond acceptors (Lipinski definition) is 2. The van der Waals surface area contributed by atoms with Gasteiger partial charge in [-0.15, -0.1) is 0 Å². The maximum Gasteiger partial charge on any atom is 0.183 e. The molecule has 84 valence electrons. The molecular formula is C12H8BrN3O. The van der Waals surface area contributed by atoms with Crippen molar-refractivity contribution in [2.45, 2.75) is 0 Å². The number of nitrogens with one attached hydrogen (secondary N) is 1. The van der Waals surface area contributed by atoms with Crippen molar-refractivity contribution in [3.05, 3.63) is 57.3 Å². The molecule has 0 aliphatic rings. The van der Waals surface area contributed by atoms with Crippen LogP contribution >= 0.6 is 15.9 Å². The molecule has 0 saturated heterocycles. The number of pyridine rings is 1. The Labute approximate surface area is 105 Å². The summed E-state index contributed by atoms with van der Waals surface area (Å²) in [6.45, 7) is 0. The fourth-order valence-corrected chi connectivity index (χ4v) is 2.15. The Morgan fingerprint density at radius 3 is 2.88 bits per heavy atom. The lowest BCUT2D eigenvalue weighted by Crippen LogP contribution is -1.98. The van der Waals surface area contributed by atoms with Gasteiger partial charge in [0, 0.05) is 28.4 Å². The van der Waals surface area contributed by atoms with Gasteiger partial charge in [0.25, 0.3) is 0 Å². The molecule has 0 radical (unpaired) electrons. The first-order valence-corrected chi connectivity index (χ1v) is 5.87. The van der Waals surface area contributed by atoms with Crippen molar-refractivity contribution in [1.82, 2.24) is 14.6 Å². The Bertz CT molecular complexity index is 745. The normalized spacial score (nSPS) is 10.9. The second kappa shape index (κ2) is 3.85. The van der Waals surface area contributed by atoms with Crippen LogP contribution < -0.4 is 5.43 Å². The van der Waals surface area contributed by atoms with E-state index in [0.717, 1.165) is 15.9 Å². The molecule has 3 aromatic rings. The Morgan fingerprint density at radius 1 is 1.24 bits per heavy atom. The van der Waals surface area contributed by atoms with E-state index >= 15 is 0 Å². The first kappa shape index (κ1) is 10.3. The lowest BCUT2D eigenvalue weighted by Gasteiger charge is -1.98. The number of H-pyrrole nitrogens is 1. The summed E-state index contributed by atoms with van der Waals surface area (Å²) in [4.78, 5) is 15.6. The van der Waals surface area contributed by atoms with Crippen LogP contribution in [0.5, 0.6) is 0 Å². The van der Waals surface area contributed by atoms with E-state index in [0.29, 0.717) is 5.65 Å². The highest BCUT2D eigenvalue weighted by molar-refractivity contribution is 9.10. The molecule has 0 amide bonds. The summed E-state index contributed by atoms with van der Waals surface area (Å²) in [6, 6.07) is 10.8. The zero-order valence-electron chi connectivity index (χ0n) is 8.72. The van der Waals surface area contributed by atoms with Crippen molar-refractivity contribution < 1.29 is 0 Å². The quantitative estimate of drug-likeness (QED) is 0.748. The molecule has 4 nitrogen and oxygen atoms in total. The van der Waals surface area contributed by atoms with Crippen molar-refractivity contribution in [3.8, 4) is 11.4 Å². The van der Waals surface area contributed by atoms with Crippen LogP contribution in [-0.2, 0) is 0 Å². The second-order valence-corrected chi connectivity index (χ2v) is 4.50. The average Bonchev–Trinajstić information content (AvgIpc) is 2.72. The van der Waals surface area contributed by atoms with E-state index in [9.17, 15) is 4.79 Å². The maximum absolute atomic E-state index is 11.2. The minimum absolute atomic E-state index is 0.0461. The lowest BCUT2D eigenvalue weighted by atomic mass is 10.2. The highest BCUT2D eigenvalue weighted by Gasteiger charge is 2.07. The predicted octanol–water partition coefficient (Wildman–Crippen LogP) is 2.45. The highest BCUT2D eigenvalue weighted by atomic mass is 79.9. The van der Waals surface area contributed by atoms with Gasteiger partial charge >= 0.3 is 0 Å². The van der Waals surface area contributed by atoms with Crippen molar-refractivity contribution in [2.24, 2.45) is 0 Å². The highest BCUT2D eigenvalue weighted by Crippen LogP contribution is 2.25. The number of fused-ring (bicyclic) bond motifs is 1. The third-order valence-corrected chi connectivity index (χ3v) is 3.18. The van der Waals surface area contributed by atoms with Crippen LogP contribution in [0.4, 0.5) is 0 Å². The smallest absolute Gasteiger partial charge is 0.183 e. The number of halogens is 1. The van der Waals surface area contributed by atoms with Gasteiger partial charge in [-0.25, -0.2) is 9.50 Å². The first-order chi connectivity index (χ1) is 8.24. The number of nitrogens with zero attached hydrogens (tertiary/aromatic N) is 2. The molecule has 0 aliphatic heterocycles. The summed E-state index contributed by atoms with van der Waals surface area (Å²) in [5.74, 6) is 0.725. The fourth-order valence-electron chi connectivity index (χ4n) is 1.68. The molecule has 1 aromatic carbocycles. The van der Waals surface area contributed by atoms with Gasteiger partial charge in [0.2, 0.25) is 0 Å². The summed E-state index contributed by atoms with van der Waals surface area (Å²) in [5, 5.41) is 3.12. The molecule has 2 aromatic heterocycles. The molecule has 0 unspecified atom stereocenters. The zero-order valence-corrected chi connectivity index (χ0v) is 10.3. The van der Waals surface area contributed by atoms with Crippen LogP contribution in [0.25, 0.3) is 17.0 Å². The van der Waals surface area contributed by atoms with Gasteiger partial charge in [0.05, 0.1) is 0 Å². The van der Waals surface area contributed by atoms with Crippen LogP contribution in [0.3, 0.4) is 0 Å². The summed E-state index contributed by atoms with van der Waals surface area (Å²) in [6.07, 6.45) is 1.67. The predicted molar refractivity (Wildman–Crippen MR) is 68.9 cm³/mol. The number of hydrogen-bond donors (Lipinski definition) is 1. The van der Waals surface area contributed by atoms with Crippen LogP contribution in [0.2, 0.25) is 0 Å². The van der Waals surface area contributed by atoms with Crippen molar-refractivity contribution in [3.63, 3.8) is 0 Å². The van der Waals surface area contributed by atoms with E-state index in [-0.39, 0.29) is 5.43 Å². The molecular weight excluding hydrogens is 282 g/mol. The standard InChI is InChI=1S/C12H8BrN3O/c13-10-4-2-1-3-9(10)12-14-11-7-8(17)5-6-16(11)15-12/h1-7H,(H,14,15). The molecule has 5 heteroatoms. The number of aromatic nitrogens is 3. The van der Waals surface area contributed by atoms with Crippen molar-refractivity contribution in [1.29, 1.82) is 0 Å².